The van der Waals surface area contributed by atoms with E-state index in [0.29, 0.717) is 10.9 Å². The summed E-state index contributed by atoms with van der Waals surface area (Å²) in [5.41, 5.74) is 0.767. The Morgan fingerprint density at radius 1 is 1.53 bits per heavy atom. The number of carbonyl (C=O) groups is 2. The molecule has 0 fully saturated rings. The molecule has 0 aliphatic rings. The van der Waals surface area contributed by atoms with Crippen molar-refractivity contribution in [3.8, 4) is 0 Å². The summed E-state index contributed by atoms with van der Waals surface area (Å²) in [6, 6.07) is 0. The summed E-state index contributed by atoms with van der Waals surface area (Å²) in [4.78, 5) is 28.3. The van der Waals surface area contributed by atoms with Crippen LogP contribution in [0, 0.1) is 0 Å². The fraction of sp³-hybridized carbons (Fsp3) is 0.500. The zero-order chi connectivity index (χ0) is 12.8. The summed E-state index contributed by atoms with van der Waals surface area (Å²) in [5.74, 6) is -0.00774. The Morgan fingerprint density at radius 3 is 2.76 bits per heavy atom. The highest BCUT2D eigenvalue weighted by atomic mass is 35.5. The number of aromatic nitrogens is 1. The molecule has 2 amide bonds. The van der Waals surface area contributed by atoms with Crippen LogP contribution in [-0.2, 0) is 21.9 Å². The van der Waals surface area contributed by atoms with Gasteiger partial charge in [-0.05, 0) is 0 Å². The van der Waals surface area contributed by atoms with E-state index in [-0.39, 0.29) is 24.8 Å². The van der Waals surface area contributed by atoms with E-state index in [1.54, 1.807) is 14.1 Å². The molecule has 7 heteroatoms. The number of nitrogens with zero attached hydrogens (tertiary/aromatic N) is 2. The molecule has 94 valence electrons. The number of amides is 2. The maximum atomic E-state index is 11.5. The Balaban J connectivity index is 2.37. The number of alkyl halides is 1. The molecule has 0 aliphatic carbocycles. The second kappa shape index (κ2) is 6.56. The standard InChI is InChI=1S/C10H14ClN3O2S/c1-14(2)10(16)5-12-8(15)3-9-13-7(4-11)6-17-9/h6H,3-5H2,1-2H3,(H,12,15). The molecule has 0 aliphatic heterocycles. The molecule has 0 aromatic carbocycles. The van der Waals surface area contributed by atoms with Crippen LogP contribution in [0.15, 0.2) is 5.38 Å². The van der Waals surface area contributed by atoms with Crippen LogP contribution in [0.25, 0.3) is 0 Å². The lowest BCUT2D eigenvalue weighted by molar-refractivity contribution is -0.130. The van der Waals surface area contributed by atoms with Crippen LogP contribution < -0.4 is 5.32 Å². The van der Waals surface area contributed by atoms with Crippen LogP contribution in [0.5, 0.6) is 0 Å². The molecule has 0 unspecified atom stereocenters. The molecule has 17 heavy (non-hydrogen) atoms. The highest BCUT2D eigenvalue weighted by molar-refractivity contribution is 7.09. The highest BCUT2D eigenvalue weighted by Gasteiger charge is 2.10. The first-order chi connectivity index (χ1) is 8.02. The van der Waals surface area contributed by atoms with Crippen LogP contribution in [0.1, 0.15) is 10.7 Å². The molecule has 5 nitrogen and oxygen atoms in total. The second-order valence-electron chi connectivity index (χ2n) is 3.61. The molecular weight excluding hydrogens is 262 g/mol. The van der Waals surface area contributed by atoms with Crippen molar-refractivity contribution in [1.29, 1.82) is 0 Å². The maximum absolute atomic E-state index is 11.5. The Kier molecular flexibility index (Phi) is 5.37. The molecule has 0 atom stereocenters. The van der Waals surface area contributed by atoms with Crippen molar-refractivity contribution in [2.75, 3.05) is 20.6 Å². The predicted molar refractivity (Wildman–Crippen MR) is 67.1 cm³/mol. The van der Waals surface area contributed by atoms with Gasteiger partial charge in [-0.3, -0.25) is 9.59 Å². The molecule has 1 aromatic rings. The molecule has 0 saturated heterocycles. The number of carbonyl (C=O) groups excluding carboxylic acids is 2. The van der Waals surface area contributed by atoms with Crippen molar-refractivity contribution in [2.45, 2.75) is 12.3 Å². The third-order valence-electron chi connectivity index (χ3n) is 1.98. The smallest absolute Gasteiger partial charge is 0.241 e. The van der Waals surface area contributed by atoms with E-state index in [2.05, 4.69) is 10.3 Å². The molecule has 1 heterocycles. The predicted octanol–water partition coefficient (Wildman–Crippen LogP) is 0.629. The van der Waals surface area contributed by atoms with Crippen LogP contribution in [0.2, 0.25) is 0 Å². The van der Waals surface area contributed by atoms with Gasteiger partial charge in [0.1, 0.15) is 5.01 Å². The number of halogens is 1. The van der Waals surface area contributed by atoms with Gasteiger partial charge in [-0.25, -0.2) is 4.98 Å². The van der Waals surface area contributed by atoms with Crippen molar-refractivity contribution in [1.82, 2.24) is 15.2 Å². The van der Waals surface area contributed by atoms with Gasteiger partial charge in [-0.15, -0.1) is 22.9 Å². The fourth-order valence-corrected chi connectivity index (χ4v) is 2.04. The first-order valence-corrected chi connectivity index (χ1v) is 6.40. The van der Waals surface area contributed by atoms with Gasteiger partial charge in [0.2, 0.25) is 11.8 Å². The fourth-order valence-electron chi connectivity index (χ4n) is 1.02. The Labute approximate surface area is 109 Å². The molecule has 1 rings (SSSR count). The summed E-state index contributed by atoms with van der Waals surface area (Å²) >= 11 is 7.00. The van der Waals surface area contributed by atoms with Crippen molar-refractivity contribution < 1.29 is 9.59 Å². The third kappa shape index (κ3) is 4.70. The zero-order valence-corrected chi connectivity index (χ0v) is 11.3. The van der Waals surface area contributed by atoms with Crippen LogP contribution in [0.3, 0.4) is 0 Å². The van der Waals surface area contributed by atoms with Gasteiger partial charge in [-0.1, -0.05) is 0 Å². The summed E-state index contributed by atoms with van der Waals surface area (Å²) in [7, 11) is 3.28. The Morgan fingerprint density at radius 2 is 2.24 bits per heavy atom. The summed E-state index contributed by atoms with van der Waals surface area (Å²) in [5, 5.41) is 5.07. The van der Waals surface area contributed by atoms with Gasteiger partial charge in [0, 0.05) is 19.5 Å². The molecule has 0 spiro atoms. The van der Waals surface area contributed by atoms with Gasteiger partial charge in [-0.2, -0.15) is 0 Å². The van der Waals surface area contributed by atoms with Gasteiger partial charge in [0.15, 0.2) is 0 Å². The number of hydrogen-bond acceptors (Lipinski definition) is 4. The van der Waals surface area contributed by atoms with Crippen LogP contribution in [-0.4, -0.2) is 42.3 Å². The molecule has 1 aromatic heterocycles. The SMILES string of the molecule is CN(C)C(=O)CNC(=O)Cc1nc(CCl)cs1. The first kappa shape index (κ1) is 13.9. The molecule has 1 N–H and O–H groups in total. The number of rotatable bonds is 5. The van der Waals surface area contributed by atoms with E-state index < -0.39 is 0 Å². The lowest BCUT2D eigenvalue weighted by atomic mass is 10.4. The van der Waals surface area contributed by atoms with Crippen molar-refractivity contribution in [3.63, 3.8) is 0 Å². The van der Waals surface area contributed by atoms with Crippen LogP contribution in [0.4, 0.5) is 0 Å². The summed E-state index contributed by atoms with van der Waals surface area (Å²) < 4.78 is 0. The highest BCUT2D eigenvalue weighted by Crippen LogP contribution is 2.11. The number of thiazole rings is 1. The van der Waals surface area contributed by atoms with Crippen molar-refractivity contribution >= 4 is 34.8 Å². The van der Waals surface area contributed by atoms with Gasteiger partial charge in [0.05, 0.1) is 24.5 Å². The van der Waals surface area contributed by atoms with E-state index in [0.717, 1.165) is 5.69 Å². The van der Waals surface area contributed by atoms with Crippen molar-refractivity contribution in [2.24, 2.45) is 0 Å². The van der Waals surface area contributed by atoms with Gasteiger partial charge < -0.3 is 10.2 Å². The van der Waals surface area contributed by atoms with Gasteiger partial charge >= 0.3 is 0 Å². The topological polar surface area (TPSA) is 62.3 Å². The van der Waals surface area contributed by atoms with Gasteiger partial charge in [0.25, 0.3) is 0 Å². The second-order valence-corrected chi connectivity index (χ2v) is 4.82. The summed E-state index contributed by atoms with van der Waals surface area (Å²) in [6.07, 6.45) is 0.183. The van der Waals surface area contributed by atoms with Crippen molar-refractivity contribution in [3.05, 3.63) is 16.1 Å². The normalized spacial score (nSPS) is 10.1. The molecular formula is C10H14ClN3O2S. The lowest BCUT2D eigenvalue weighted by Gasteiger charge is -2.10. The largest absolute Gasteiger partial charge is 0.347 e. The van der Waals surface area contributed by atoms with E-state index in [9.17, 15) is 9.59 Å². The monoisotopic (exact) mass is 275 g/mol. The maximum Gasteiger partial charge on any atom is 0.241 e. The number of likely N-dealkylation sites (N-methyl/N-ethyl adjacent to an activating group) is 1. The molecule has 0 bridgehead atoms. The van der Waals surface area contributed by atoms with E-state index in [1.807, 2.05) is 5.38 Å². The van der Waals surface area contributed by atoms with E-state index in [1.165, 1.54) is 16.2 Å². The Bertz CT molecular complexity index is 406. The number of nitrogens with one attached hydrogen (secondary N) is 1. The average molecular weight is 276 g/mol. The summed E-state index contributed by atoms with van der Waals surface area (Å²) in [6.45, 7) is 0.0135. The van der Waals surface area contributed by atoms with E-state index >= 15 is 0 Å². The first-order valence-electron chi connectivity index (χ1n) is 4.99. The minimum Gasteiger partial charge on any atom is -0.347 e. The zero-order valence-electron chi connectivity index (χ0n) is 9.70. The molecule has 0 saturated carbocycles. The van der Waals surface area contributed by atoms with E-state index in [4.69, 9.17) is 11.6 Å². The average Bonchev–Trinajstić information content (AvgIpc) is 2.73. The minimum atomic E-state index is -0.212. The van der Waals surface area contributed by atoms with Crippen LogP contribution >= 0.6 is 22.9 Å². The quantitative estimate of drug-likeness (QED) is 0.802. The lowest BCUT2D eigenvalue weighted by Crippen LogP contribution is -2.36. The minimum absolute atomic E-state index is 0.0135. The molecule has 0 radical (unpaired) electrons. The Hall–Kier alpha value is -1.14. The number of hydrogen-bond donors (Lipinski definition) is 1. The third-order valence-corrected chi connectivity index (χ3v) is 3.16.